The maximum Gasteiger partial charge on any atom is 0.328 e. The van der Waals surface area contributed by atoms with E-state index in [1.165, 1.54) is 50.0 Å². The zero-order valence-electron chi connectivity index (χ0n) is 18.1. The van der Waals surface area contributed by atoms with Crippen LogP contribution in [0, 0.1) is 0 Å². The highest BCUT2D eigenvalue weighted by atomic mass is 35.5. The molecule has 0 bridgehead atoms. The van der Waals surface area contributed by atoms with Crippen LogP contribution in [0.1, 0.15) is 74.6 Å². The normalized spacial score (nSPS) is 14.6. The minimum absolute atomic E-state index is 0.178. The second kappa shape index (κ2) is 14.8. The second-order valence-electron chi connectivity index (χ2n) is 7.64. The molecule has 1 N–H and O–H groups in total. The van der Waals surface area contributed by atoms with E-state index in [9.17, 15) is 9.59 Å². The monoisotopic (exact) mass is 486 g/mol. The summed E-state index contributed by atoms with van der Waals surface area (Å²) in [7, 11) is 1.32. The van der Waals surface area contributed by atoms with E-state index in [4.69, 9.17) is 27.9 Å². The molecule has 1 amide bonds. The van der Waals surface area contributed by atoms with Crippen molar-refractivity contribution in [2.45, 2.75) is 70.3 Å². The van der Waals surface area contributed by atoms with Gasteiger partial charge in [-0.25, -0.2) is 4.79 Å². The molecule has 1 aliphatic heterocycles. The molecule has 0 fully saturated rings. The molecule has 5 nitrogen and oxygen atoms in total. The van der Waals surface area contributed by atoms with Crippen LogP contribution in [0.4, 0.5) is 0 Å². The van der Waals surface area contributed by atoms with Crippen LogP contribution in [0.2, 0.25) is 10.0 Å². The molecule has 1 aromatic carbocycles. The molecule has 0 aliphatic carbocycles. The largest absolute Gasteiger partial charge is 0.467 e. The Labute approximate surface area is 199 Å². The first kappa shape index (κ1) is 26.0. The van der Waals surface area contributed by atoms with E-state index in [1.54, 1.807) is 18.2 Å². The number of thioether (sulfide) groups is 1. The summed E-state index contributed by atoms with van der Waals surface area (Å²) >= 11 is 14.1. The number of amides is 1. The van der Waals surface area contributed by atoms with E-state index in [2.05, 4.69) is 10.3 Å². The summed E-state index contributed by atoms with van der Waals surface area (Å²) in [5.74, 6) is 0.295. The van der Waals surface area contributed by atoms with E-state index in [0.717, 1.165) is 32.2 Å². The van der Waals surface area contributed by atoms with E-state index >= 15 is 0 Å². The van der Waals surface area contributed by atoms with Crippen LogP contribution in [0.3, 0.4) is 0 Å². The number of ether oxygens (including phenoxy) is 1. The number of halogens is 2. The lowest BCUT2D eigenvalue weighted by atomic mass is 10.0. The molecule has 0 saturated heterocycles. The van der Waals surface area contributed by atoms with Crippen molar-refractivity contribution in [2.24, 2.45) is 4.99 Å². The van der Waals surface area contributed by atoms with Crippen LogP contribution in [-0.4, -0.2) is 42.4 Å². The zero-order valence-corrected chi connectivity index (χ0v) is 20.5. The van der Waals surface area contributed by atoms with Gasteiger partial charge in [0.15, 0.2) is 0 Å². The number of benzene rings is 1. The maximum absolute atomic E-state index is 12.6. The molecule has 1 aliphatic rings. The van der Waals surface area contributed by atoms with Crippen LogP contribution in [0.5, 0.6) is 0 Å². The van der Waals surface area contributed by atoms with E-state index < -0.39 is 17.9 Å². The second-order valence-corrected chi connectivity index (χ2v) is 9.62. The molecule has 1 aromatic rings. The number of unbranched alkanes of at least 4 members (excludes halogenated alkanes) is 6. The van der Waals surface area contributed by atoms with Crippen molar-refractivity contribution in [3.63, 3.8) is 0 Å². The number of esters is 1. The summed E-state index contributed by atoms with van der Waals surface area (Å²) in [4.78, 5) is 29.2. The first-order chi connectivity index (χ1) is 15.0. The van der Waals surface area contributed by atoms with Gasteiger partial charge in [0, 0.05) is 12.3 Å². The summed E-state index contributed by atoms with van der Waals surface area (Å²) in [5.41, 5.74) is 0.178. The molecule has 1 heterocycles. The first-order valence-electron chi connectivity index (χ1n) is 11.0. The molecule has 1 atom stereocenters. The molecule has 8 heteroatoms. The Morgan fingerprint density at radius 2 is 1.74 bits per heavy atom. The van der Waals surface area contributed by atoms with Crippen LogP contribution >= 0.6 is 35.0 Å². The number of nitrogens with zero attached hydrogens (tertiary/aromatic N) is 1. The highest BCUT2D eigenvalue weighted by molar-refractivity contribution is 8.14. The number of rotatable bonds is 13. The minimum Gasteiger partial charge on any atom is -0.467 e. The highest BCUT2D eigenvalue weighted by Crippen LogP contribution is 2.24. The summed E-state index contributed by atoms with van der Waals surface area (Å²) in [6, 6.07) is 4.15. The topological polar surface area (TPSA) is 67.8 Å². The third-order valence-electron chi connectivity index (χ3n) is 5.22. The fourth-order valence-corrected chi connectivity index (χ4v) is 5.05. The van der Waals surface area contributed by atoms with Gasteiger partial charge in [-0.05, 0) is 37.8 Å². The molecular formula is C23H32Cl2N2O3S. The molecule has 172 valence electrons. The zero-order chi connectivity index (χ0) is 22.5. The van der Waals surface area contributed by atoms with Crippen molar-refractivity contribution in [3.05, 3.63) is 33.8 Å². The lowest BCUT2D eigenvalue weighted by Gasteiger charge is -2.17. The van der Waals surface area contributed by atoms with Crippen molar-refractivity contribution >= 4 is 51.9 Å². The van der Waals surface area contributed by atoms with Crippen LogP contribution in [0.15, 0.2) is 23.2 Å². The average molecular weight is 487 g/mol. The Bertz CT molecular complexity index is 738. The van der Waals surface area contributed by atoms with Gasteiger partial charge in [0.05, 0.1) is 27.8 Å². The fourth-order valence-electron chi connectivity index (χ4n) is 3.50. The van der Waals surface area contributed by atoms with Gasteiger partial charge in [-0.3, -0.25) is 9.79 Å². The van der Waals surface area contributed by atoms with Gasteiger partial charge in [-0.2, -0.15) is 0 Å². The van der Waals surface area contributed by atoms with Crippen LogP contribution in [0.25, 0.3) is 0 Å². The average Bonchev–Trinajstić information content (AvgIpc) is 2.77. The SMILES string of the molecule is COC(=O)[C@H](CCCCCCCCCC1=NCCCS1)NC(=O)c1c(Cl)cccc1Cl. The van der Waals surface area contributed by atoms with Gasteiger partial charge in [0.1, 0.15) is 6.04 Å². The number of carbonyl (C=O) groups excluding carboxylic acids is 2. The van der Waals surface area contributed by atoms with Crippen molar-refractivity contribution in [2.75, 3.05) is 19.4 Å². The van der Waals surface area contributed by atoms with Crippen molar-refractivity contribution in [1.29, 1.82) is 0 Å². The fraction of sp³-hybridized carbons (Fsp3) is 0.609. The number of carbonyl (C=O) groups is 2. The van der Waals surface area contributed by atoms with E-state index in [0.29, 0.717) is 6.42 Å². The molecular weight excluding hydrogens is 455 g/mol. The Balaban J connectivity index is 1.64. The van der Waals surface area contributed by atoms with Crippen molar-refractivity contribution < 1.29 is 14.3 Å². The van der Waals surface area contributed by atoms with Crippen LogP contribution in [-0.2, 0) is 9.53 Å². The summed E-state index contributed by atoms with van der Waals surface area (Å²) in [6.07, 6.45) is 10.7. The van der Waals surface area contributed by atoms with Gasteiger partial charge in [-0.15, -0.1) is 11.8 Å². The maximum atomic E-state index is 12.6. The van der Waals surface area contributed by atoms with Gasteiger partial charge in [0.25, 0.3) is 5.91 Å². The Morgan fingerprint density at radius 3 is 2.35 bits per heavy atom. The third kappa shape index (κ3) is 9.42. The molecule has 0 spiro atoms. The molecule has 0 unspecified atom stereocenters. The minimum atomic E-state index is -0.710. The Morgan fingerprint density at radius 1 is 1.10 bits per heavy atom. The molecule has 0 saturated carbocycles. The number of methoxy groups -OCH3 is 1. The summed E-state index contributed by atoms with van der Waals surface area (Å²) in [6.45, 7) is 1.00. The number of hydrogen-bond donors (Lipinski definition) is 1. The van der Waals surface area contributed by atoms with Gasteiger partial charge < -0.3 is 10.1 Å². The molecule has 2 rings (SSSR count). The molecule has 0 radical (unpaired) electrons. The van der Waals surface area contributed by atoms with Crippen LogP contribution < -0.4 is 5.32 Å². The summed E-state index contributed by atoms with van der Waals surface area (Å²) < 4.78 is 4.85. The van der Waals surface area contributed by atoms with Gasteiger partial charge in [0.2, 0.25) is 0 Å². The number of nitrogens with one attached hydrogen (secondary N) is 1. The number of aliphatic imine (C=N–C) groups is 1. The van der Waals surface area contributed by atoms with Gasteiger partial charge >= 0.3 is 5.97 Å². The predicted octanol–water partition coefficient (Wildman–Crippen LogP) is 6.31. The highest BCUT2D eigenvalue weighted by Gasteiger charge is 2.24. The Hall–Kier alpha value is -1.24. The smallest absolute Gasteiger partial charge is 0.328 e. The van der Waals surface area contributed by atoms with Crippen molar-refractivity contribution in [1.82, 2.24) is 5.32 Å². The third-order valence-corrected chi connectivity index (χ3v) is 7.01. The Kier molecular flexibility index (Phi) is 12.4. The van der Waals surface area contributed by atoms with E-state index in [-0.39, 0.29) is 15.6 Å². The number of hydrogen-bond acceptors (Lipinski definition) is 5. The lowest BCUT2D eigenvalue weighted by molar-refractivity contribution is -0.143. The van der Waals surface area contributed by atoms with Gasteiger partial charge in [-0.1, -0.05) is 67.8 Å². The first-order valence-corrected chi connectivity index (χ1v) is 12.8. The lowest BCUT2D eigenvalue weighted by Crippen LogP contribution is -2.41. The molecule has 31 heavy (non-hydrogen) atoms. The standard InChI is InChI=1S/C23H32Cl2N2O3S/c1-30-23(29)19(27-22(28)21-17(24)11-9-12-18(21)25)13-7-5-3-2-4-6-8-14-20-26-15-10-16-31-20/h9,11-12,19H,2-8,10,13-16H2,1H3,(H,27,28)/t19-/m0/s1. The molecule has 0 aromatic heterocycles. The van der Waals surface area contributed by atoms with E-state index in [1.807, 2.05) is 11.8 Å². The quantitative estimate of drug-likeness (QED) is 0.262. The predicted molar refractivity (Wildman–Crippen MR) is 131 cm³/mol. The summed E-state index contributed by atoms with van der Waals surface area (Å²) in [5, 5.41) is 4.56. The van der Waals surface area contributed by atoms with Crippen molar-refractivity contribution in [3.8, 4) is 0 Å².